The van der Waals surface area contributed by atoms with Crippen LogP contribution in [0, 0.1) is 5.82 Å². The molecule has 7 heteroatoms. The van der Waals surface area contributed by atoms with E-state index in [0.717, 1.165) is 57.1 Å². The Morgan fingerprint density at radius 3 is 2.44 bits per heavy atom. The van der Waals surface area contributed by atoms with Crippen molar-refractivity contribution in [3.8, 4) is 0 Å². The fourth-order valence-corrected chi connectivity index (χ4v) is 3.94. The lowest BCUT2D eigenvalue weighted by molar-refractivity contribution is -0.133. The van der Waals surface area contributed by atoms with Gasteiger partial charge in [-0.2, -0.15) is 0 Å². The molecule has 3 heterocycles. The fraction of sp³-hybridized carbons (Fsp3) is 0.450. The monoisotopic (exact) mass is 369 g/mol. The summed E-state index contributed by atoms with van der Waals surface area (Å²) in [4.78, 5) is 27.8. The predicted molar refractivity (Wildman–Crippen MR) is 101 cm³/mol. The summed E-state index contributed by atoms with van der Waals surface area (Å²) >= 11 is 0. The van der Waals surface area contributed by atoms with E-state index in [4.69, 9.17) is 0 Å². The van der Waals surface area contributed by atoms with Crippen LogP contribution in [0.4, 0.5) is 10.3 Å². The molecular weight excluding hydrogens is 345 g/mol. The number of anilines is 1. The number of amides is 1. The summed E-state index contributed by atoms with van der Waals surface area (Å²) in [6.45, 7) is 4.48. The van der Waals surface area contributed by atoms with E-state index in [1.54, 1.807) is 24.5 Å². The van der Waals surface area contributed by atoms with E-state index in [0.29, 0.717) is 6.54 Å². The van der Waals surface area contributed by atoms with Crippen molar-refractivity contribution in [2.75, 3.05) is 44.2 Å². The van der Waals surface area contributed by atoms with Gasteiger partial charge in [0.1, 0.15) is 5.82 Å². The van der Waals surface area contributed by atoms with E-state index in [9.17, 15) is 9.18 Å². The molecule has 27 heavy (non-hydrogen) atoms. The smallest absolute Gasteiger partial charge is 0.237 e. The first-order valence-corrected chi connectivity index (χ1v) is 9.50. The Morgan fingerprint density at radius 2 is 1.74 bits per heavy atom. The number of carbonyl (C=O) groups excluding carboxylic acids is 1. The second kappa shape index (κ2) is 8.00. The van der Waals surface area contributed by atoms with Gasteiger partial charge in [0.25, 0.3) is 0 Å². The van der Waals surface area contributed by atoms with Gasteiger partial charge in [-0.3, -0.25) is 9.69 Å². The topological polar surface area (TPSA) is 52.6 Å². The molecule has 1 aromatic carbocycles. The van der Waals surface area contributed by atoms with E-state index in [-0.39, 0.29) is 17.8 Å². The van der Waals surface area contributed by atoms with Crippen molar-refractivity contribution < 1.29 is 9.18 Å². The lowest BCUT2D eigenvalue weighted by atomic mass is 10.0. The minimum absolute atomic E-state index is 0.0668. The van der Waals surface area contributed by atoms with Gasteiger partial charge in [0, 0.05) is 45.1 Å². The average Bonchev–Trinajstić information content (AvgIpc) is 3.20. The highest BCUT2D eigenvalue weighted by Gasteiger charge is 2.31. The molecular formula is C20H24FN5O. The molecule has 2 saturated heterocycles. The second-order valence-electron chi connectivity index (χ2n) is 7.11. The maximum absolute atomic E-state index is 13.2. The molecule has 6 nitrogen and oxygen atoms in total. The van der Waals surface area contributed by atoms with Crippen molar-refractivity contribution in [1.82, 2.24) is 19.8 Å². The first-order chi connectivity index (χ1) is 13.2. The molecule has 4 rings (SSSR count). The summed E-state index contributed by atoms with van der Waals surface area (Å²) in [7, 11) is 0. The molecule has 1 aromatic heterocycles. The lowest BCUT2D eigenvalue weighted by Crippen LogP contribution is -2.50. The van der Waals surface area contributed by atoms with Crippen LogP contribution in [0.15, 0.2) is 42.7 Å². The number of aromatic nitrogens is 2. The summed E-state index contributed by atoms with van der Waals surface area (Å²) < 4.78 is 13.2. The third-order valence-electron chi connectivity index (χ3n) is 5.39. The highest BCUT2D eigenvalue weighted by atomic mass is 19.1. The number of rotatable bonds is 4. The number of likely N-dealkylation sites (tertiary alicyclic amines) is 1. The van der Waals surface area contributed by atoms with E-state index in [1.165, 1.54) is 12.1 Å². The average molecular weight is 369 g/mol. The first-order valence-electron chi connectivity index (χ1n) is 9.50. The Balaban J connectivity index is 1.33. The molecule has 0 aliphatic carbocycles. The van der Waals surface area contributed by atoms with Gasteiger partial charge < -0.3 is 9.80 Å². The summed E-state index contributed by atoms with van der Waals surface area (Å²) in [5.74, 6) is 0.667. The van der Waals surface area contributed by atoms with Crippen molar-refractivity contribution in [3.05, 3.63) is 54.1 Å². The molecule has 1 unspecified atom stereocenters. The van der Waals surface area contributed by atoms with Gasteiger partial charge >= 0.3 is 0 Å². The number of carbonyl (C=O) groups is 1. The zero-order valence-electron chi connectivity index (χ0n) is 15.3. The van der Waals surface area contributed by atoms with Crippen molar-refractivity contribution >= 4 is 11.9 Å². The highest BCUT2D eigenvalue weighted by Crippen LogP contribution is 2.32. The number of benzene rings is 1. The van der Waals surface area contributed by atoms with Gasteiger partial charge in [0.2, 0.25) is 11.9 Å². The summed E-state index contributed by atoms with van der Waals surface area (Å²) in [6.07, 6.45) is 5.44. The van der Waals surface area contributed by atoms with Gasteiger partial charge in [0.15, 0.2) is 0 Å². The third kappa shape index (κ3) is 4.08. The molecule has 2 aliphatic rings. The van der Waals surface area contributed by atoms with E-state index >= 15 is 0 Å². The maximum atomic E-state index is 13.2. The molecule has 2 aliphatic heterocycles. The van der Waals surface area contributed by atoms with E-state index in [2.05, 4.69) is 19.8 Å². The minimum Gasteiger partial charge on any atom is -0.338 e. The molecule has 0 spiro atoms. The van der Waals surface area contributed by atoms with Crippen molar-refractivity contribution in [3.63, 3.8) is 0 Å². The standard InChI is InChI=1S/C20H24FN5O/c21-17-6-4-16(5-7-17)18-3-1-10-26(18)19(27)15-24-11-13-25(14-12-24)20-22-8-2-9-23-20/h2,4-9,18H,1,3,10-15H2. The van der Waals surface area contributed by atoms with Gasteiger partial charge in [-0.05, 0) is 36.6 Å². The van der Waals surface area contributed by atoms with Crippen LogP contribution in [0.25, 0.3) is 0 Å². The molecule has 142 valence electrons. The van der Waals surface area contributed by atoms with Gasteiger partial charge in [0.05, 0.1) is 12.6 Å². The molecule has 0 saturated carbocycles. The van der Waals surface area contributed by atoms with E-state index in [1.807, 2.05) is 11.0 Å². The normalized spacial score (nSPS) is 20.9. The quantitative estimate of drug-likeness (QED) is 0.826. The van der Waals surface area contributed by atoms with Crippen LogP contribution in [0.1, 0.15) is 24.4 Å². The van der Waals surface area contributed by atoms with Gasteiger partial charge in [-0.1, -0.05) is 12.1 Å². The Labute approximate surface area is 158 Å². The Hall–Kier alpha value is -2.54. The number of halogens is 1. The summed E-state index contributed by atoms with van der Waals surface area (Å²) in [5, 5.41) is 0. The maximum Gasteiger partial charge on any atom is 0.237 e. The largest absolute Gasteiger partial charge is 0.338 e. The SMILES string of the molecule is O=C(CN1CCN(c2ncccn2)CC1)N1CCCC1c1ccc(F)cc1. The highest BCUT2D eigenvalue weighted by molar-refractivity contribution is 5.79. The van der Waals surface area contributed by atoms with Crippen LogP contribution in [0.5, 0.6) is 0 Å². The second-order valence-corrected chi connectivity index (χ2v) is 7.11. The molecule has 2 fully saturated rings. The van der Waals surface area contributed by atoms with Crippen LogP contribution < -0.4 is 4.90 Å². The lowest BCUT2D eigenvalue weighted by Gasteiger charge is -2.35. The zero-order valence-corrected chi connectivity index (χ0v) is 15.3. The molecule has 0 radical (unpaired) electrons. The van der Waals surface area contributed by atoms with Crippen LogP contribution in [-0.2, 0) is 4.79 Å². The summed E-state index contributed by atoms with van der Waals surface area (Å²) in [6, 6.07) is 8.42. The molecule has 2 aromatic rings. The van der Waals surface area contributed by atoms with Crippen LogP contribution in [0.3, 0.4) is 0 Å². The Bertz CT molecular complexity index is 762. The van der Waals surface area contributed by atoms with E-state index < -0.39 is 0 Å². The Morgan fingerprint density at radius 1 is 1.04 bits per heavy atom. The van der Waals surface area contributed by atoms with Crippen molar-refractivity contribution in [1.29, 1.82) is 0 Å². The number of nitrogens with zero attached hydrogens (tertiary/aromatic N) is 5. The number of hydrogen-bond donors (Lipinski definition) is 0. The molecule has 1 amide bonds. The fourth-order valence-electron chi connectivity index (χ4n) is 3.94. The predicted octanol–water partition coefficient (Wildman–Crippen LogP) is 2.10. The summed E-state index contributed by atoms with van der Waals surface area (Å²) in [5.41, 5.74) is 1.02. The Kier molecular flexibility index (Phi) is 5.29. The van der Waals surface area contributed by atoms with Gasteiger partial charge in [-0.15, -0.1) is 0 Å². The van der Waals surface area contributed by atoms with Crippen LogP contribution in [-0.4, -0.2) is 64.9 Å². The first kappa shape index (κ1) is 17.9. The minimum atomic E-state index is -0.241. The number of hydrogen-bond acceptors (Lipinski definition) is 5. The number of piperazine rings is 1. The molecule has 0 bridgehead atoms. The van der Waals surface area contributed by atoms with Crippen LogP contribution in [0.2, 0.25) is 0 Å². The van der Waals surface area contributed by atoms with Crippen molar-refractivity contribution in [2.24, 2.45) is 0 Å². The van der Waals surface area contributed by atoms with Gasteiger partial charge in [-0.25, -0.2) is 14.4 Å². The molecule has 1 atom stereocenters. The van der Waals surface area contributed by atoms with Crippen LogP contribution >= 0.6 is 0 Å². The zero-order chi connectivity index (χ0) is 18.6. The molecule has 0 N–H and O–H groups in total. The third-order valence-corrected chi connectivity index (χ3v) is 5.39. The van der Waals surface area contributed by atoms with Crippen molar-refractivity contribution in [2.45, 2.75) is 18.9 Å².